The first kappa shape index (κ1) is 17.1. The summed E-state index contributed by atoms with van der Waals surface area (Å²) in [6.07, 6.45) is 4.75. The Kier molecular flexibility index (Phi) is 4.30. The van der Waals surface area contributed by atoms with Crippen molar-refractivity contribution < 1.29 is 23.1 Å². The Morgan fingerprint density at radius 3 is 2.67 bits per heavy atom. The first-order valence-electron chi connectivity index (χ1n) is 8.30. The molecule has 1 saturated heterocycles. The maximum atomic E-state index is 14.6. The van der Waals surface area contributed by atoms with Gasteiger partial charge in [-0.3, -0.25) is 9.69 Å². The number of allylic oxidation sites excluding steroid dienone is 1. The molecule has 0 saturated carbocycles. The van der Waals surface area contributed by atoms with Crippen LogP contribution in [0.4, 0.5) is 25.0 Å². The molecule has 8 nitrogen and oxygen atoms in total. The van der Waals surface area contributed by atoms with Gasteiger partial charge in [-0.1, -0.05) is 5.21 Å². The third kappa shape index (κ3) is 3.37. The summed E-state index contributed by atoms with van der Waals surface area (Å²) in [6, 6.07) is 1.98. The molecule has 27 heavy (non-hydrogen) atoms. The molecule has 4 rings (SSSR count). The van der Waals surface area contributed by atoms with Crippen molar-refractivity contribution in [3.05, 3.63) is 48.4 Å². The van der Waals surface area contributed by atoms with E-state index in [0.29, 0.717) is 0 Å². The summed E-state index contributed by atoms with van der Waals surface area (Å²) in [5.41, 5.74) is -0.189. The topological polar surface area (TPSA) is 80.6 Å². The summed E-state index contributed by atoms with van der Waals surface area (Å²) >= 11 is 0. The van der Waals surface area contributed by atoms with E-state index in [-0.39, 0.29) is 43.2 Å². The molecule has 1 amide bonds. The van der Waals surface area contributed by atoms with Crippen molar-refractivity contribution in [1.82, 2.24) is 15.0 Å². The van der Waals surface area contributed by atoms with Crippen LogP contribution in [0, 0.1) is 11.6 Å². The summed E-state index contributed by atoms with van der Waals surface area (Å²) in [5, 5.41) is 7.45. The number of cyclic esters (lactones) is 1. The summed E-state index contributed by atoms with van der Waals surface area (Å²) in [4.78, 5) is 25.9. The Bertz CT molecular complexity index is 916. The molecule has 140 valence electrons. The number of ketones is 1. The normalized spacial score (nSPS) is 19.7. The van der Waals surface area contributed by atoms with Crippen LogP contribution in [0.3, 0.4) is 0 Å². The Morgan fingerprint density at radius 1 is 1.19 bits per heavy atom. The molecule has 0 spiro atoms. The number of aromatic nitrogens is 3. The molecule has 1 fully saturated rings. The summed E-state index contributed by atoms with van der Waals surface area (Å²) in [5.74, 6) is -1.52. The monoisotopic (exact) mass is 375 g/mol. The van der Waals surface area contributed by atoms with Crippen LogP contribution < -0.4 is 9.80 Å². The van der Waals surface area contributed by atoms with Gasteiger partial charge < -0.3 is 9.64 Å². The highest BCUT2D eigenvalue weighted by atomic mass is 19.1. The molecule has 0 aliphatic carbocycles. The van der Waals surface area contributed by atoms with Gasteiger partial charge in [-0.25, -0.2) is 18.3 Å². The number of rotatable bonds is 4. The molecule has 2 aliphatic rings. The molecule has 0 bridgehead atoms. The smallest absolute Gasteiger partial charge is 0.414 e. The first-order chi connectivity index (χ1) is 13.0. The number of halogens is 2. The minimum atomic E-state index is -0.755. The Labute approximate surface area is 152 Å². The Morgan fingerprint density at radius 2 is 1.96 bits per heavy atom. The van der Waals surface area contributed by atoms with E-state index in [9.17, 15) is 18.4 Å². The molecule has 0 radical (unpaired) electrons. The number of carbonyl (C=O) groups excluding carboxylic acids is 2. The van der Waals surface area contributed by atoms with Gasteiger partial charge in [-0.05, 0) is 6.08 Å². The first-order valence-corrected chi connectivity index (χ1v) is 8.30. The quantitative estimate of drug-likeness (QED) is 0.812. The number of amides is 1. The molecule has 2 aliphatic heterocycles. The molecule has 1 atom stereocenters. The average molecular weight is 375 g/mol. The Balaban J connectivity index is 1.55. The van der Waals surface area contributed by atoms with Crippen LogP contribution in [0.15, 0.2) is 36.8 Å². The van der Waals surface area contributed by atoms with Gasteiger partial charge in [0, 0.05) is 37.5 Å². The molecule has 3 heterocycles. The third-order valence-electron chi connectivity index (χ3n) is 4.39. The van der Waals surface area contributed by atoms with E-state index in [1.807, 2.05) is 0 Å². The van der Waals surface area contributed by atoms with Crippen molar-refractivity contribution in [3.63, 3.8) is 0 Å². The number of ether oxygens (including phenoxy) is 1. The highest BCUT2D eigenvalue weighted by Crippen LogP contribution is 2.32. The van der Waals surface area contributed by atoms with Crippen molar-refractivity contribution in [2.75, 3.05) is 22.9 Å². The minimum Gasteiger partial charge on any atom is -0.442 e. The van der Waals surface area contributed by atoms with Crippen molar-refractivity contribution in [1.29, 1.82) is 0 Å². The largest absolute Gasteiger partial charge is 0.442 e. The average Bonchev–Trinajstić information content (AvgIpc) is 3.27. The highest BCUT2D eigenvalue weighted by Gasteiger charge is 2.35. The van der Waals surface area contributed by atoms with Crippen LogP contribution in [0.25, 0.3) is 0 Å². The number of benzene rings is 1. The Hall–Kier alpha value is -3.30. The van der Waals surface area contributed by atoms with Crippen LogP contribution >= 0.6 is 0 Å². The van der Waals surface area contributed by atoms with E-state index in [1.54, 1.807) is 6.20 Å². The maximum Gasteiger partial charge on any atom is 0.414 e. The third-order valence-corrected chi connectivity index (χ3v) is 4.39. The zero-order valence-electron chi connectivity index (χ0n) is 14.1. The van der Waals surface area contributed by atoms with Gasteiger partial charge in [-0.2, -0.15) is 0 Å². The van der Waals surface area contributed by atoms with Crippen LogP contribution in [0.2, 0.25) is 0 Å². The lowest BCUT2D eigenvalue weighted by atomic mass is 10.1. The fraction of sp³-hybridized carbons (Fsp3) is 0.294. The van der Waals surface area contributed by atoms with Crippen LogP contribution in [0.5, 0.6) is 0 Å². The SMILES string of the molecule is O=C1C=CN(c2cc(F)c(N3C[C@H](Cn4ccnn4)OC3=O)cc2F)CC1. The van der Waals surface area contributed by atoms with Crippen LogP contribution in [-0.4, -0.2) is 46.1 Å². The fourth-order valence-corrected chi connectivity index (χ4v) is 3.07. The fourth-order valence-electron chi connectivity index (χ4n) is 3.07. The lowest BCUT2D eigenvalue weighted by Gasteiger charge is -2.24. The van der Waals surface area contributed by atoms with Crippen LogP contribution in [0.1, 0.15) is 6.42 Å². The number of nitrogens with zero attached hydrogens (tertiary/aromatic N) is 5. The number of anilines is 2. The lowest BCUT2D eigenvalue weighted by Crippen LogP contribution is -2.28. The number of hydrogen-bond donors (Lipinski definition) is 0. The van der Waals surface area contributed by atoms with Gasteiger partial charge in [0.15, 0.2) is 5.78 Å². The number of carbonyl (C=O) groups is 2. The second-order valence-corrected chi connectivity index (χ2v) is 6.22. The molecule has 0 N–H and O–H groups in total. The van der Waals surface area contributed by atoms with Gasteiger partial charge in [-0.15, -0.1) is 5.10 Å². The lowest BCUT2D eigenvalue weighted by molar-refractivity contribution is -0.114. The maximum absolute atomic E-state index is 14.6. The summed E-state index contributed by atoms with van der Waals surface area (Å²) in [6.45, 7) is 0.584. The molecular weight excluding hydrogens is 360 g/mol. The second-order valence-electron chi connectivity index (χ2n) is 6.22. The zero-order valence-corrected chi connectivity index (χ0v) is 14.1. The molecule has 2 aromatic rings. The number of hydrogen-bond acceptors (Lipinski definition) is 6. The summed E-state index contributed by atoms with van der Waals surface area (Å²) in [7, 11) is 0. The molecule has 1 aromatic carbocycles. The van der Waals surface area contributed by atoms with Gasteiger partial charge in [0.05, 0.1) is 30.7 Å². The van der Waals surface area contributed by atoms with Crippen LogP contribution in [-0.2, 0) is 16.1 Å². The zero-order chi connectivity index (χ0) is 19.0. The van der Waals surface area contributed by atoms with Gasteiger partial charge in [0.2, 0.25) is 0 Å². The molecule has 1 aromatic heterocycles. The predicted molar refractivity (Wildman–Crippen MR) is 90.1 cm³/mol. The van der Waals surface area contributed by atoms with E-state index in [4.69, 9.17) is 4.74 Å². The highest BCUT2D eigenvalue weighted by molar-refractivity contribution is 5.92. The van der Waals surface area contributed by atoms with Crippen molar-refractivity contribution in [2.45, 2.75) is 19.1 Å². The standard InChI is InChI=1S/C17H15F2N5O3/c18-13-8-16(14(19)7-15(13)22-4-1-11(25)2-5-22)24-10-12(27-17(24)26)9-23-6-3-20-21-23/h1,3-4,6-8,12H,2,5,9-10H2/t12-/m0/s1. The van der Waals surface area contributed by atoms with E-state index in [2.05, 4.69) is 10.3 Å². The molecule has 0 unspecified atom stereocenters. The van der Waals surface area contributed by atoms with Gasteiger partial charge in [0.25, 0.3) is 0 Å². The van der Waals surface area contributed by atoms with Crippen molar-refractivity contribution in [2.24, 2.45) is 0 Å². The second kappa shape index (κ2) is 6.78. The molecule has 10 heteroatoms. The van der Waals surface area contributed by atoms with E-state index < -0.39 is 23.8 Å². The van der Waals surface area contributed by atoms with E-state index in [1.165, 1.54) is 28.1 Å². The van der Waals surface area contributed by atoms with E-state index >= 15 is 0 Å². The van der Waals surface area contributed by atoms with Crippen molar-refractivity contribution >= 4 is 23.3 Å². The van der Waals surface area contributed by atoms with Gasteiger partial charge >= 0.3 is 6.09 Å². The van der Waals surface area contributed by atoms with E-state index in [0.717, 1.165) is 17.0 Å². The molecular formula is C17H15F2N5O3. The summed E-state index contributed by atoms with van der Waals surface area (Å²) < 4.78 is 35.9. The van der Waals surface area contributed by atoms with Gasteiger partial charge in [0.1, 0.15) is 17.7 Å². The minimum absolute atomic E-state index is 0.00623. The van der Waals surface area contributed by atoms with Crippen molar-refractivity contribution in [3.8, 4) is 0 Å². The predicted octanol–water partition coefficient (Wildman–Crippen LogP) is 1.87.